The molecule has 0 saturated heterocycles. The van der Waals surface area contributed by atoms with E-state index in [0.29, 0.717) is 5.69 Å². The number of hydrogen-bond acceptors (Lipinski definition) is 3. The van der Waals surface area contributed by atoms with Crippen LogP contribution >= 0.6 is 11.3 Å². The second-order valence-corrected chi connectivity index (χ2v) is 5.09. The number of thiophene rings is 1. The standard InChI is InChI=1S/C13H12N2OS/c1-9-10(5-7-17-9)13(16)11-8-15-6-3-2-4-12(15)14-11/h2-8,13,16H,1H3. The second-order valence-electron chi connectivity index (χ2n) is 3.97. The Morgan fingerprint density at radius 2 is 2.24 bits per heavy atom. The summed E-state index contributed by atoms with van der Waals surface area (Å²) >= 11 is 1.64. The molecular weight excluding hydrogens is 232 g/mol. The van der Waals surface area contributed by atoms with E-state index >= 15 is 0 Å². The van der Waals surface area contributed by atoms with Gasteiger partial charge in [0.05, 0.1) is 5.69 Å². The van der Waals surface area contributed by atoms with Crippen molar-refractivity contribution in [3.63, 3.8) is 0 Å². The fourth-order valence-electron chi connectivity index (χ4n) is 1.92. The zero-order valence-corrected chi connectivity index (χ0v) is 10.2. The molecule has 0 saturated carbocycles. The van der Waals surface area contributed by atoms with Crippen LogP contribution in [0.25, 0.3) is 5.65 Å². The molecule has 3 aromatic heterocycles. The molecule has 0 aliphatic carbocycles. The Balaban J connectivity index is 2.07. The molecule has 1 N–H and O–H groups in total. The van der Waals surface area contributed by atoms with Gasteiger partial charge in [-0.05, 0) is 30.5 Å². The first-order chi connectivity index (χ1) is 8.25. The highest BCUT2D eigenvalue weighted by Crippen LogP contribution is 2.27. The minimum absolute atomic E-state index is 0.638. The minimum Gasteiger partial charge on any atom is -0.382 e. The average molecular weight is 244 g/mol. The van der Waals surface area contributed by atoms with Gasteiger partial charge >= 0.3 is 0 Å². The van der Waals surface area contributed by atoms with Gasteiger partial charge in [0.2, 0.25) is 0 Å². The molecule has 86 valence electrons. The number of pyridine rings is 1. The third kappa shape index (κ3) is 1.75. The number of aryl methyl sites for hydroxylation is 1. The lowest BCUT2D eigenvalue weighted by atomic mass is 10.1. The Kier molecular flexibility index (Phi) is 2.46. The Bertz CT molecular complexity index is 623. The fraction of sp³-hybridized carbons (Fsp3) is 0.154. The van der Waals surface area contributed by atoms with E-state index in [1.165, 1.54) is 0 Å². The summed E-state index contributed by atoms with van der Waals surface area (Å²) in [5.74, 6) is 0. The molecule has 4 heteroatoms. The Morgan fingerprint density at radius 1 is 1.35 bits per heavy atom. The van der Waals surface area contributed by atoms with E-state index in [1.54, 1.807) is 11.3 Å². The maximum absolute atomic E-state index is 10.3. The van der Waals surface area contributed by atoms with Gasteiger partial charge in [0, 0.05) is 22.8 Å². The molecule has 0 amide bonds. The van der Waals surface area contributed by atoms with E-state index in [2.05, 4.69) is 4.98 Å². The molecule has 0 radical (unpaired) electrons. The van der Waals surface area contributed by atoms with E-state index in [1.807, 2.05) is 53.4 Å². The van der Waals surface area contributed by atoms with Crippen LogP contribution in [0.4, 0.5) is 0 Å². The summed E-state index contributed by atoms with van der Waals surface area (Å²) in [6.07, 6.45) is 3.16. The summed E-state index contributed by atoms with van der Waals surface area (Å²) in [5, 5.41) is 12.3. The van der Waals surface area contributed by atoms with Gasteiger partial charge in [-0.15, -0.1) is 11.3 Å². The van der Waals surface area contributed by atoms with E-state index < -0.39 is 6.10 Å². The molecule has 3 aromatic rings. The summed E-state index contributed by atoms with van der Waals surface area (Å²) < 4.78 is 1.92. The van der Waals surface area contributed by atoms with Gasteiger partial charge in [0.1, 0.15) is 11.8 Å². The number of aliphatic hydroxyl groups excluding tert-OH is 1. The number of imidazole rings is 1. The van der Waals surface area contributed by atoms with Crippen molar-refractivity contribution >= 4 is 17.0 Å². The van der Waals surface area contributed by atoms with Crippen molar-refractivity contribution in [3.8, 4) is 0 Å². The van der Waals surface area contributed by atoms with Gasteiger partial charge in [-0.1, -0.05) is 6.07 Å². The molecule has 17 heavy (non-hydrogen) atoms. The number of nitrogens with zero attached hydrogens (tertiary/aromatic N) is 2. The maximum Gasteiger partial charge on any atom is 0.137 e. The predicted octanol–water partition coefficient (Wildman–Crippen LogP) is 2.79. The van der Waals surface area contributed by atoms with Crippen LogP contribution in [-0.2, 0) is 0 Å². The number of aromatic nitrogens is 2. The SMILES string of the molecule is Cc1sccc1C(O)c1cn2ccccc2n1. The largest absolute Gasteiger partial charge is 0.382 e. The average Bonchev–Trinajstić information content (AvgIpc) is 2.93. The van der Waals surface area contributed by atoms with Crippen LogP contribution in [0.3, 0.4) is 0 Å². The Morgan fingerprint density at radius 3 is 2.94 bits per heavy atom. The number of hydrogen-bond donors (Lipinski definition) is 1. The molecule has 0 spiro atoms. The van der Waals surface area contributed by atoms with Crippen molar-refractivity contribution in [2.75, 3.05) is 0 Å². The Labute approximate surface area is 103 Å². The van der Waals surface area contributed by atoms with Gasteiger partial charge in [0.25, 0.3) is 0 Å². The van der Waals surface area contributed by atoms with Crippen molar-refractivity contribution in [1.82, 2.24) is 9.38 Å². The van der Waals surface area contributed by atoms with Crippen molar-refractivity contribution < 1.29 is 5.11 Å². The quantitative estimate of drug-likeness (QED) is 0.752. The lowest BCUT2D eigenvalue weighted by Gasteiger charge is -2.06. The van der Waals surface area contributed by atoms with Crippen LogP contribution in [0.1, 0.15) is 22.2 Å². The molecule has 3 rings (SSSR count). The smallest absolute Gasteiger partial charge is 0.137 e. The van der Waals surface area contributed by atoms with Crippen LogP contribution in [0.2, 0.25) is 0 Å². The molecule has 3 nitrogen and oxygen atoms in total. The van der Waals surface area contributed by atoms with Crippen LogP contribution in [0.15, 0.2) is 42.0 Å². The lowest BCUT2D eigenvalue weighted by molar-refractivity contribution is 0.216. The zero-order chi connectivity index (χ0) is 11.8. The first-order valence-electron chi connectivity index (χ1n) is 5.41. The van der Waals surface area contributed by atoms with E-state index in [4.69, 9.17) is 0 Å². The summed E-state index contributed by atoms with van der Waals surface area (Å²) in [6.45, 7) is 2.01. The molecule has 3 heterocycles. The molecule has 0 fully saturated rings. The topological polar surface area (TPSA) is 37.5 Å². The summed E-state index contributed by atoms with van der Waals surface area (Å²) in [5.41, 5.74) is 2.49. The van der Waals surface area contributed by atoms with Crippen molar-refractivity contribution in [1.29, 1.82) is 0 Å². The van der Waals surface area contributed by atoms with Gasteiger partial charge < -0.3 is 9.51 Å². The monoisotopic (exact) mass is 244 g/mol. The molecule has 0 aliphatic rings. The van der Waals surface area contributed by atoms with E-state index in [0.717, 1.165) is 16.1 Å². The van der Waals surface area contributed by atoms with Gasteiger partial charge in [0.15, 0.2) is 0 Å². The third-order valence-electron chi connectivity index (χ3n) is 2.86. The predicted molar refractivity (Wildman–Crippen MR) is 68.3 cm³/mol. The van der Waals surface area contributed by atoms with Crippen LogP contribution < -0.4 is 0 Å². The summed E-state index contributed by atoms with van der Waals surface area (Å²) in [6, 6.07) is 7.76. The van der Waals surface area contributed by atoms with Crippen molar-refractivity contribution in [2.45, 2.75) is 13.0 Å². The van der Waals surface area contributed by atoms with Gasteiger partial charge in [-0.3, -0.25) is 0 Å². The molecular formula is C13H12N2OS. The van der Waals surface area contributed by atoms with Crippen molar-refractivity contribution in [2.24, 2.45) is 0 Å². The molecule has 0 aromatic carbocycles. The number of fused-ring (bicyclic) bond motifs is 1. The maximum atomic E-state index is 10.3. The highest BCUT2D eigenvalue weighted by atomic mass is 32.1. The fourth-order valence-corrected chi connectivity index (χ4v) is 2.66. The molecule has 0 bridgehead atoms. The normalized spacial score (nSPS) is 13.1. The van der Waals surface area contributed by atoms with Crippen LogP contribution in [0.5, 0.6) is 0 Å². The minimum atomic E-state index is -0.638. The number of rotatable bonds is 2. The van der Waals surface area contributed by atoms with Gasteiger partial charge in [-0.25, -0.2) is 4.98 Å². The summed E-state index contributed by atoms with van der Waals surface area (Å²) in [4.78, 5) is 5.56. The molecule has 0 aliphatic heterocycles. The first kappa shape index (κ1) is 10.5. The van der Waals surface area contributed by atoms with Gasteiger partial charge in [-0.2, -0.15) is 0 Å². The lowest BCUT2D eigenvalue weighted by Crippen LogP contribution is -1.99. The van der Waals surface area contributed by atoms with E-state index in [-0.39, 0.29) is 0 Å². The molecule has 1 unspecified atom stereocenters. The Hall–Kier alpha value is -1.65. The van der Waals surface area contributed by atoms with Crippen LogP contribution in [-0.4, -0.2) is 14.5 Å². The second kappa shape index (κ2) is 3.98. The van der Waals surface area contributed by atoms with Crippen LogP contribution in [0, 0.1) is 6.92 Å². The summed E-state index contributed by atoms with van der Waals surface area (Å²) in [7, 11) is 0. The first-order valence-corrected chi connectivity index (χ1v) is 6.29. The highest BCUT2D eigenvalue weighted by molar-refractivity contribution is 7.10. The molecule has 1 atom stereocenters. The number of aliphatic hydroxyl groups is 1. The highest BCUT2D eigenvalue weighted by Gasteiger charge is 2.16. The third-order valence-corrected chi connectivity index (χ3v) is 3.72. The van der Waals surface area contributed by atoms with Crippen molar-refractivity contribution in [3.05, 3.63) is 58.2 Å². The van der Waals surface area contributed by atoms with E-state index in [9.17, 15) is 5.11 Å². The zero-order valence-electron chi connectivity index (χ0n) is 9.37.